The lowest BCUT2D eigenvalue weighted by Crippen LogP contribution is -2.09. The number of carbonyl (C=O) groups excluding carboxylic acids is 2. The summed E-state index contributed by atoms with van der Waals surface area (Å²) in [6.07, 6.45) is 2.87. The third kappa shape index (κ3) is 4.52. The monoisotopic (exact) mass is 514 g/mol. The number of H-pyrrole nitrogens is 1. The number of aryl methyl sites for hydroxylation is 1. The highest BCUT2D eigenvalue weighted by Crippen LogP contribution is 2.32. The number of rotatable bonds is 7. The molecule has 10 nitrogen and oxygen atoms in total. The zero-order valence-electron chi connectivity index (χ0n) is 20.7. The fraction of sp³-hybridized carbons (Fsp3) is 0.111. The maximum absolute atomic E-state index is 13.9. The number of pyridine rings is 1. The summed E-state index contributed by atoms with van der Waals surface area (Å²) in [6.45, 7) is 3.19. The highest BCUT2D eigenvalue weighted by atomic mass is 19.1. The van der Waals surface area contributed by atoms with Crippen molar-refractivity contribution >= 4 is 34.1 Å². The fourth-order valence-corrected chi connectivity index (χ4v) is 4.05. The first-order valence-corrected chi connectivity index (χ1v) is 11.5. The molecular formula is C27H23FN6O4. The number of nitrogens with one attached hydrogen (secondary N) is 2. The number of halogens is 1. The third-order valence-corrected chi connectivity index (χ3v) is 5.88. The Balaban J connectivity index is 1.43. The van der Waals surface area contributed by atoms with Gasteiger partial charge in [0.25, 0.3) is 0 Å². The summed E-state index contributed by atoms with van der Waals surface area (Å²) >= 11 is 0. The number of aromatic nitrogens is 4. The van der Waals surface area contributed by atoms with Gasteiger partial charge in [0.1, 0.15) is 11.6 Å². The van der Waals surface area contributed by atoms with Gasteiger partial charge in [-0.3, -0.25) is 9.59 Å². The molecule has 0 aliphatic carbocycles. The van der Waals surface area contributed by atoms with Crippen LogP contribution in [0.3, 0.4) is 0 Å². The Morgan fingerprint density at radius 1 is 1.11 bits per heavy atom. The molecule has 0 fully saturated rings. The molecule has 0 bridgehead atoms. The van der Waals surface area contributed by atoms with Crippen molar-refractivity contribution in [3.8, 4) is 23.1 Å². The SMILES string of the molecule is COc1cc2cc(C(=O)c3cnn(-c4cnc(Oc5ccccc5F)cc4C)c3N)[nH]c2cc1NC(C)=O. The van der Waals surface area contributed by atoms with Gasteiger partial charge in [-0.05, 0) is 42.8 Å². The van der Waals surface area contributed by atoms with Crippen LogP contribution in [0.2, 0.25) is 0 Å². The number of hydrogen-bond acceptors (Lipinski definition) is 7. The van der Waals surface area contributed by atoms with E-state index in [1.807, 2.05) is 0 Å². The van der Waals surface area contributed by atoms with Crippen LogP contribution in [0.4, 0.5) is 15.9 Å². The standard InChI is InChI=1S/C27H23FN6O4/c1-14-8-25(38-23-7-5-4-6-18(23)28)30-13-22(14)34-27(29)17(12-31-34)26(36)21-9-16-10-24(37-3)20(32-15(2)35)11-19(16)33-21/h4-13,33H,29H2,1-3H3,(H,32,35). The number of methoxy groups -OCH3 is 1. The predicted octanol–water partition coefficient (Wildman–Crippen LogP) is 4.77. The highest BCUT2D eigenvalue weighted by molar-refractivity contribution is 6.13. The molecule has 11 heteroatoms. The van der Waals surface area contributed by atoms with Crippen molar-refractivity contribution in [1.82, 2.24) is 19.7 Å². The Labute approximate surface area is 216 Å². The average molecular weight is 515 g/mol. The van der Waals surface area contributed by atoms with Gasteiger partial charge in [0.15, 0.2) is 11.6 Å². The van der Waals surface area contributed by atoms with Crippen LogP contribution >= 0.6 is 0 Å². The quantitative estimate of drug-likeness (QED) is 0.266. The molecule has 0 saturated heterocycles. The summed E-state index contributed by atoms with van der Waals surface area (Å²) in [5.74, 6) is -0.278. The van der Waals surface area contributed by atoms with Gasteiger partial charge in [0, 0.05) is 23.9 Å². The Morgan fingerprint density at radius 3 is 2.61 bits per heavy atom. The third-order valence-electron chi connectivity index (χ3n) is 5.88. The van der Waals surface area contributed by atoms with Crippen molar-refractivity contribution in [1.29, 1.82) is 0 Å². The van der Waals surface area contributed by atoms with E-state index in [-0.39, 0.29) is 40.4 Å². The minimum absolute atomic E-state index is 0.0544. The van der Waals surface area contributed by atoms with Gasteiger partial charge in [-0.15, -0.1) is 0 Å². The first-order chi connectivity index (χ1) is 18.2. The molecule has 0 spiro atoms. The summed E-state index contributed by atoms with van der Waals surface area (Å²) in [5, 5.41) is 7.72. The van der Waals surface area contributed by atoms with Crippen molar-refractivity contribution in [3.05, 3.63) is 83.6 Å². The van der Waals surface area contributed by atoms with Crippen molar-refractivity contribution in [2.24, 2.45) is 0 Å². The van der Waals surface area contributed by atoms with E-state index >= 15 is 0 Å². The first kappa shape index (κ1) is 24.5. The molecule has 192 valence electrons. The molecule has 3 heterocycles. The number of fused-ring (bicyclic) bond motifs is 1. The number of benzene rings is 2. The van der Waals surface area contributed by atoms with Crippen LogP contribution in [0.25, 0.3) is 16.6 Å². The predicted molar refractivity (Wildman–Crippen MR) is 140 cm³/mol. The number of amides is 1. The summed E-state index contributed by atoms with van der Waals surface area (Å²) < 4.78 is 26.2. The minimum atomic E-state index is -0.503. The molecule has 0 atom stereocenters. The fourth-order valence-electron chi connectivity index (χ4n) is 4.05. The molecule has 38 heavy (non-hydrogen) atoms. The number of ketones is 1. The highest BCUT2D eigenvalue weighted by Gasteiger charge is 2.21. The molecule has 4 N–H and O–H groups in total. The lowest BCUT2D eigenvalue weighted by molar-refractivity contribution is -0.114. The number of ether oxygens (including phenoxy) is 2. The molecule has 5 rings (SSSR count). The molecule has 2 aromatic carbocycles. The van der Waals surface area contributed by atoms with E-state index in [9.17, 15) is 14.0 Å². The number of nitrogen functional groups attached to an aromatic ring is 1. The largest absolute Gasteiger partial charge is 0.495 e. The lowest BCUT2D eigenvalue weighted by atomic mass is 10.1. The molecule has 0 saturated carbocycles. The molecule has 1 amide bonds. The zero-order chi connectivity index (χ0) is 27.0. The maximum atomic E-state index is 13.9. The topological polar surface area (TPSA) is 137 Å². The van der Waals surface area contributed by atoms with Gasteiger partial charge in [-0.25, -0.2) is 14.1 Å². The normalized spacial score (nSPS) is 10.9. The average Bonchev–Trinajstić information content (AvgIpc) is 3.47. The number of nitrogens with two attached hydrogens (primary N) is 1. The Bertz CT molecular complexity index is 1710. The molecule has 0 aliphatic heterocycles. The second-order valence-corrected chi connectivity index (χ2v) is 8.53. The second-order valence-electron chi connectivity index (χ2n) is 8.53. The Morgan fingerprint density at radius 2 is 1.89 bits per heavy atom. The second kappa shape index (κ2) is 9.69. The number of carbonyl (C=O) groups is 2. The summed E-state index contributed by atoms with van der Waals surface area (Å²) in [6, 6.07) is 12.8. The zero-order valence-corrected chi connectivity index (χ0v) is 20.7. The van der Waals surface area contributed by atoms with E-state index in [4.69, 9.17) is 15.2 Å². The van der Waals surface area contributed by atoms with Gasteiger partial charge < -0.3 is 25.5 Å². The smallest absolute Gasteiger partial charge is 0.221 e. The van der Waals surface area contributed by atoms with Crippen LogP contribution in [-0.4, -0.2) is 38.5 Å². The summed E-state index contributed by atoms with van der Waals surface area (Å²) in [5.41, 5.74) is 9.15. The number of hydrogen-bond donors (Lipinski definition) is 3. The summed E-state index contributed by atoms with van der Waals surface area (Å²) in [7, 11) is 1.50. The van der Waals surface area contributed by atoms with Crippen molar-refractivity contribution in [2.75, 3.05) is 18.2 Å². The van der Waals surface area contributed by atoms with Crippen LogP contribution in [0, 0.1) is 12.7 Å². The Hall–Kier alpha value is -5.19. The van der Waals surface area contributed by atoms with Crippen LogP contribution < -0.4 is 20.5 Å². The van der Waals surface area contributed by atoms with E-state index in [2.05, 4.69) is 20.4 Å². The van der Waals surface area contributed by atoms with Crippen LogP contribution in [0.5, 0.6) is 17.4 Å². The van der Waals surface area contributed by atoms with Gasteiger partial charge in [-0.1, -0.05) is 12.1 Å². The molecule has 5 aromatic rings. The van der Waals surface area contributed by atoms with E-state index in [1.165, 1.54) is 43.2 Å². The number of anilines is 2. The van der Waals surface area contributed by atoms with Gasteiger partial charge in [0.2, 0.25) is 17.6 Å². The number of nitrogens with zero attached hydrogens (tertiary/aromatic N) is 3. The molecule has 3 aromatic heterocycles. The van der Waals surface area contributed by atoms with Crippen LogP contribution in [0.15, 0.2) is 60.9 Å². The van der Waals surface area contributed by atoms with E-state index < -0.39 is 5.82 Å². The number of aromatic amines is 1. The van der Waals surface area contributed by atoms with Crippen molar-refractivity contribution in [3.63, 3.8) is 0 Å². The first-order valence-electron chi connectivity index (χ1n) is 11.5. The van der Waals surface area contributed by atoms with Crippen LogP contribution in [0.1, 0.15) is 28.5 Å². The number of para-hydroxylation sites is 1. The summed E-state index contributed by atoms with van der Waals surface area (Å²) in [4.78, 5) is 32.2. The van der Waals surface area contributed by atoms with E-state index in [0.29, 0.717) is 28.2 Å². The van der Waals surface area contributed by atoms with Crippen molar-refractivity contribution in [2.45, 2.75) is 13.8 Å². The van der Waals surface area contributed by atoms with Crippen molar-refractivity contribution < 1.29 is 23.5 Å². The van der Waals surface area contributed by atoms with Gasteiger partial charge in [-0.2, -0.15) is 5.10 Å². The minimum Gasteiger partial charge on any atom is -0.495 e. The van der Waals surface area contributed by atoms with Crippen LogP contribution in [-0.2, 0) is 4.79 Å². The molecule has 0 radical (unpaired) electrons. The van der Waals surface area contributed by atoms with E-state index in [1.54, 1.807) is 43.3 Å². The lowest BCUT2D eigenvalue weighted by Gasteiger charge is -2.11. The molecular weight excluding hydrogens is 491 g/mol. The molecule has 0 aliphatic rings. The maximum Gasteiger partial charge on any atom is 0.221 e. The van der Waals surface area contributed by atoms with E-state index in [0.717, 1.165) is 5.39 Å². The van der Waals surface area contributed by atoms with Gasteiger partial charge >= 0.3 is 0 Å². The molecule has 0 unspecified atom stereocenters. The van der Waals surface area contributed by atoms with Gasteiger partial charge in [0.05, 0.1) is 42.1 Å². The Kier molecular flexibility index (Phi) is 6.25.